The molecule has 4 saturated carbocycles. The summed E-state index contributed by atoms with van der Waals surface area (Å²) in [5.74, 6) is 3.17. The number of benzene rings is 1. The van der Waals surface area contributed by atoms with Crippen LogP contribution in [0, 0.1) is 23.2 Å². The molecule has 0 radical (unpaired) electrons. The molecule has 4 nitrogen and oxygen atoms in total. The fourth-order valence-electron chi connectivity index (χ4n) is 5.69. The molecular formula is C21H29ClN2O2. The number of likely N-dealkylation sites (N-methyl/N-ethyl adjacent to an activating group) is 1. The SMILES string of the molecule is CN(C)CCOc1ccc(NC(=O)C23CC4CC(CC(C4)C2)C3)cc1Cl. The maximum atomic E-state index is 13.1. The van der Waals surface area contributed by atoms with Gasteiger partial charge in [-0.2, -0.15) is 0 Å². The van der Waals surface area contributed by atoms with Gasteiger partial charge in [0.05, 0.1) is 10.4 Å². The van der Waals surface area contributed by atoms with E-state index in [9.17, 15) is 4.79 Å². The molecule has 142 valence electrons. The second-order valence-corrected chi connectivity index (χ2v) is 9.36. The molecule has 4 bridgehead atoms. The fourth-order valence-corrected chi connectivity index (χ4v) is 5.92. The topological polar surface area (TPSA) is 41.6 Å². The van der Waals surface area contributed by atoms with E-state index >= 15 is 0 Å². The van der Waals surface area contributed by atoms with Crippen molar-refractivity contribution in [3.8, 4) is 5.75 Å². The zero-order valence-electron chi connectivity index (χ0n) is 15.8. The van der Waals surface area contributed by atoms with Crippen LogP contribution in [0.5, 0.6) is 5.75 Å². The lowest BCUT2D eigenvalue weighted by atomic mass is 9.49. The van der Waals surface area contributed by atoms with Crippen LogP contribution in [0.2, 0.25) is 5.02 Å². The van der Waals surface area contributed by atoms with Gasteiger partial charge in [0.2, 0.25) is 5.91 Å². The number of ether oxygens (including phenoxy) is 1. The minimum atomic E-state index is -0.137. The second kappa shape index (κ2) is 7.05. The minimum Gasteiger partial charge on any atom is -0.491 e. The number of nitrogens with zero attached hydrogens (tertiary/aromatic N) is 1. The first-order chi connectivity index (χ1) is 12.4. The zero-order chi connectivity index (χ0) is 18.3. The number of carbonyl (C=O) groups is 1. The average molecular weight is 377 g/mol. The number of anilines is 1. The first-order valence-corrected chi connectivity index (χ1v) is 10.2. The highest BCUT2D eigenvalue weighted by atomic mass is 35.5. The first kappa shape index (κ1) is 18.1. The highest BCUT2D eigenvalue weighted by Gasteiger charge is 2.54. The molecule has 0 unspecified atom stereocenters. The van der Waals surface area contributed by atoms with Crippen molar-refractivity contribution in [2.45, 2.75) is 38.5 Å². The largest absolute Gasteiger partial charge is 0.491 e. The lowest BCUT2D eigenvalue weighted by molar-refractivity contribution is -0.140. The molecule has 0 atom stereocenters. The number of hydrogen-bond donors (Lipinski definition) is 1. The maximum Gasteiger partial charge on any atom is 0.230 e. The van der Waals surface area contributed by atoms with Gasteiger partial charge in [-0.3, -0.25) is 4.79 Å². The summed E-state index contributed by atoms with van der Waals surface area (Å²) < 4.78 is 5.72. The number of rotatable bonds is 6. The number of nitrogens with one attached hydrogen (secondary N) is 1. The van der Waals surface area contributed by atoms with E-state index in [1.54, 1.807) is 0 Å². The van der Waals surface area contributed by atoms with Crippen molar-refractivity contribution in [1.29, 1.82) is 0 Å². The molecule has 26 heavy (non-hydrogen) atoms. The van der Waals surface area contributed by atoms with E-state index < -0.39 is 0 Å². The van der Waals surface area contributed by atoms with Crippen molar-refractivity contribution in [3.05, 3.63) is 23.2 Å². The molecule has 5 rings (SSSR count). The van der Waals surface area contributed by atoms with Gasteiger partial charge in [-0.15, -0.1) is 0 Å². The van der Waals surface area contributed by atoms with E-state index in [0.29, 0.717) is 17.4 Å². The summed E-state index contributed by atoms with van der Waals surface area (Å²) in [5.41, 5.74) is 0.637. The summed E-state index contributed by atoms with van der Waals surface area (Å²) in [6.45, 7) is 1.42. The second-order valence-electron chi connectivity index (χ2n) is 8.95. The van der Waals surface area contributed by atoms with Crippen LogP contribution in [0.1, 0.15) is 38.5 Å². The van der Waals surface area contributed by atoms with E-state index in [4.69, 9.17) is 16.3 Å². The van der Waals surface area contributed by atoms with Gasteiger partial charge in [0, 0.05) is 12.2 Å². The van der Waals surface area contributed by atoms with E-state index in [0.717, 1.165) is 49.2 Å². The van der Waals surface area contributed by atoms with Crippen molar-refractivity contribution < 1.29 is 9.53 Å². The lowest BCUT2D eigenvalue weighted by Crippen LogP contribution is -2.51. The van der Waals surface area contributed by atoms with Gasteiger partial charge in [-0.1, -0.05) is 11.6 Å². The molecule has 0 aliphatic heterocycles. The van der Waals surface area contributed by atoms with Gasteiger partial charge in [0.1, 0.15) is 12.4 Å². The molecule has 5 heteroatoms. The number of carbonyl (C=O) groups excluding carboxylic acids is 1. The number of halogens is 1. The van der Waals surface area contributed by atoms with Crippen molar-refractivity contribution in [3.63, 3.8) is 0 Å². The quantitative estimate of drug-likeness (QED) is 0.798. The summed E-state index contributed by atoms with van der Waals surface area (Å²) in [4.78, 5) is 15.2. The third-order valence-corrected chi connectivity index (χ3v) is 6.80. The maximum absolute atomic E-state index is 13.1. The highest BCUT2D eigenvalue weighted by molar-refractivity contribution is 6.32. The van der Waals surface area contributed by atoms with Gasteiger partial charge in [-0.25, -0.2) is 0 Å². The number of hydrogen-bond acceptors (Lipinski definition) is 3. The molecular weight excluding hydrogens is 348 g/mol. The van der Waals surface area contributed by atoms with Gasteiger partial charge in [0.25, 0.3) is 0 Å². The monoisotopic (exact) mass is 376 g/mol. The van der Waals surface area contributed by atoms with E-state index in [-0.39, 0.29) is 11.3 Å². The predicted molar refractivity (Wildman–Crippen MR) is 105 cm³/mol. The van der Waals surface area contributed by atoms with Crippen molar-refractivity contribution in [2.24, 2.45) is 23.2 Å². The number of amides is 1. The Kier molecular flexibility index (Phi) is 4.91. The van der Waals surface area contributed by atoms with Gasteiger partial charge < -0.3 is 15.0 Å². The van der Waals surface area contributed by atoms with Crippen LogP contribution in [0.3, 0.4) is 0 Å². The summed E-state index contributed by atoms with van der Waals surface area (Å²) in [5, 5.41) is 3.70. The standard InChI is InChI=1S/C21H29ClN2O2/c1-24(2)5-6-26-19-4-3-17(10-18(19)22)23-20(25)21-11-14-7-15(12-21)9-16(8-14)13-21/h3-4,10,14-16H,5-9,11-13H2,1-2H3,(H,23,25). The molecule has 0 spiro atoms. The molecule has 0 saturated heterocycles. The Bertz CT molecular complexity index is 653. The summed E-state index contributed by atoms with van der Waals surface area (Å²) in [6, 6.07) is 5.56. The molecule has 0 aromatic heterocycles. The van der Waals surface area contributed by atoms with Crippen molar-refractivity contribution in [1.82, 2.24) is 4.90 Å². The Balaban J connectivity index is 1.41. The van der Waals surface area contributed by atoms with Gasteiger partial charge >= 0.3 is 0 Å². The van der Waals surface area contributed by atoms with Crippen LogP contribution in [0.25, 0.3) is 0 Å². The molecule has 4 aliphatic rings. The average Bonchev–Trinajstić information content (AvgIpc) is 2.55. The van der Waals surface area contributed by atoms with Gasteiger partial charge in [-0.05, 0) is 88.6 Å². The van der Waals surface area contributed by atoms with Crippen molar-refractivity contribution >= 4 is 23.2 Å². The third-order valence-electron chi connectivity index (χ3n) is 6.51. The Morgan fingerprint density at radius 3 is 2.35 bits per heavy atom. The van der Waals surface area contributed by atoms with Crippen LogP contribution in [-0.2, 0) is 4.79 Å². The summed E-state index contributed by atoms with van der Waals surface area (Å²) in [6.07, 6.45) is 7.25. The van der Waals surface area contributed by atoms with E-state index in [2.05, 4.69) is 10.2 Å². The highest BCUT2D eigenvalue weighted by Crippen LogP contribution is 2.60. The Morgan fingerprint density at radius 1 is 1.19 bits per heavy atom. The predicted octanol–water partition coefficient (Wildman–Crippen LogP) is 4.44. The van der Waals surface area contributed by atoms with Crippen molar-refractivity contribution in [2.75, 3.05) is 32.6 Å². The zero-order valence-corrected chi connectivity index (χ0v) is 16.5. The summed E-state index contributed by atoms with van der Waals surface area (Å²) >= 11 is 6.36. The van der Waals surface area contributed by atoms with Crippen LogP contribution in [-0.4, -0.2) is 38.1 Å². The summed E-state index contributed by atoms with van der Waals surface area (Å²) in [7, 11) is 4.02. The Labute approximate surface area is 161 Å². The molecule has 1 aromatic rings. The van der Waals surface area contributed by atoms with E-state index in [1.165, 1.54) is 19.3 Å². The third kappa shape index (κ3) is 3.59. The molecule has 1 aromatic carbocycles. The van der Waals surface area contributed by atoms with E-state index in [1.807, 2.05) is 32.3 Å². The normalized spacial score (nSPS) is 32.1. The molecule has 4 aliphatic carbocycles. The van der Waals surface area contributed by atoms with Gasteiger partial charge in [0.15, 0.2) is 0 Å². The van der Waals surface area contributed by atoms with Crippen LogP contribution in [0.4, 0.5) is 5.69 Å². The Morgan fingerprint density at radius 2 is 1.81 bits per heavy atom. The smallest absolute Gasteiger partial charge is 0.230 e. The Hall–Kier alpha value is -1.26. The fraction of sp³-hybridized carbons (Fsp3) is 0.667. The molecule has 1 amide bonds. The van der Waals surface area contributed by atoms with Crippen LogP contribution < -0.4 is 10.1 Å². The van der Waals surface area contributed by atoms with Crippen LogP contribution >= 0.6 is 11.6 Å². The van der Waals surface area contributed by atoms with Crippen LogP contribution in [0.15, 0.2) is 18.2 Å². The first-order valence-electron chi connectivity index (χ1n) is 9.82. The molecule has 1 N–H and O–H groups in total. The lowest BCUT2D eigenvalue weighted by Gasteiger charge is -2.55. The molecule has 4 fully saturated rings. The minimum absolute atomic E-state index is 0.137. The molecule has 0 heterocycles.